The second kappa shape index (κ2) is 9.92. The number of aromatic nitrogens is 1. The standard InChI is InChI=1S/C6H6N2O.C5H10O4.K.H/c7-6(9)5-2-1-3-8-4-5;6-1-4-5(8)3(7)2-9-4;;/h1-4H,(H2,7,9);3-8H,1-2H2;;/q;;+1;-1/t;3-,4+,5-;;/m.0../s1. The average Bonchev–Trinajstić information content (AvgIpc) is 2.71. The number of aliphatic hydroxyl groups excluding tert-OH is 3. The Labute approximate surface area is 154 Å². The first-order chi connectivity index (χ1) is 8.56. The molecule has 1 fully saturated rings. The van der Waals surface area contributed by atoms with Gasteiger partial charge in [0.15, 0.2) is 0 Å². The van der Waals surface area contributed by atoms with Crippen molar-refractivity contribution in [3.05, 3.63) is 30.1 Å². The summed E-state index contributed by atoms with van der Waals surface area (Å²) in [6.45, 7) is -0.120. The van der Waals surface area contributed by atoms with Crippen LogP contribution in [0.1, 0.15) is 11.8 Å². The van der Waals surface area contributed by atoms with E-state index in [1.165, 1.54) is 6.20 Å². The number of nitrogens with two attached hydrogens (primary N) is 1. The summed E-state index contributed by atoms with van der Waals surface area (Å²) in [6.07, 6.45) is 0.673. The molecule has 1 aromatic rings. The summed E-state index contributed by atoms with van der Waals surface area (Å²) in [5.41, 5.74) is 5.38. The number of hydrogen-bond acceptors (Lipinski definition) is 6. The molecule has 1 aromatic heterocycles. The fraction of sp³-hybridized carbons (Fsp3) is 0.455. The van der Waals surface area contributed by atoms with Gasteiger partial charge in [0.1, 0.15) is 18.3 Å². The van der Waals surface area contributed by atoms with Gasteiger partial charge < -0.3 is 27.2 Å². The van der Waals surface area contributed by atoms with Gasteiger partial charge in [-0.1, -0.05) is 0 Å². The number of hydrogen-bond donors (Lipinski definition) is 4. The number of ether oxygens (including phenoxy) is 1. The topological polar surface area (TPSA) is 126 Å². The fourth-order valence-electron chi connectivity index (χ4n) is 1.34. The molecular formula is C11H17KN2O5. The molecular weight excluding hydrogens is 279 g/mol. The van der Waals surface area contributed by atoms with Gasteiger partial charge in [0.25, 0.3) is 0 Å². The number of primary amides is 1. The fourth-order valence-corrected chi connectivity index (χ4v) is 1.34. The van der Waals surface area contributed by atoms with Crippen molar-refractivity contribution in [3.8, 4) is 0 Å². The van der Waals surface area contributed by atoms with Crippen molar-refractivity contribution in [1.29, 1.82) is 0 Å². The van der Waals surface area contributed by atoms with Crippen LogP contribution in [0.25, 0.3) is 0 Å². The van der Waals surface area contributed by atoms with Gasteiger partial charge in [0.05, 0.1) is 18.8 Å². The molecule has 7 nitrogen and oxygen atoms in total. The minimum Gasteiger partial charge on any atom is -1.00 e. The van der Waals surface area contributed by atoms with Crippen LogP contribution in [0.5, 0.6) is 0 Å². The van der Waals surface area contributed by atoms with E-state index in [-0.39, 0.29) is 66.0 Å². The third-order valence-electron chi connectivity index (χ3n) is 2.38. The Bertz CT molecular complexity index is 384. The summed E-state index contributed by atoms with van der Waals surface area (Å²) in [4.78, 5) is 14.1. The van der Waals surface area contributed by atoms with Crippen molar-refractivity contribution in [2.24, 2.45) is 5.73 Å². The maximum atomic E-state index is 10.4. The van der Waals surface area contributed by atoms with Crippen LogP contribution in [0, 0.1) is 0 Å². The van der Waals surface area contributed by atoms with Crippen LogP contribution in [0.15, 0.2) is 24.5 Å². The molecule has 0 aliphatic carbocycles. The summed E-state index contributed by atoms with van der Waals surface area (Å²) >= 11 is 0. The normalized spacial score (nSPS) is 24.9. The Balaban J connectivity index is 0. The molecule has 19 heavy (non-hydrogen) atoms. The molecule has 5 N–H and O–H groups in total. The smallest absolute Gasteiger partial charge is 1.00 e. The predicted octanol–water partition coefficient (Wildman–Crippen LogP) is -4.60. The van der Waals surface area contributed by atoms with Gasteiger partial charge in [-0.05, 0) is 12.1 Å². The molecule has 1 saturated heterocycles. The van der Waals surface area contributed by atoms with Gasteiger partial charge in [-0.25, -0.2) is 0 Å². The molecule has 0 bridgehead atoms. The summed E-state index contributed by atoms with van der Waals surface area (Å²) < 4.78 is 4.78. The van der Waals surface area contributed by atoms with E-state index in [0.29, 0.717) is 5.56 Å². The molecule has 1 aliphatic heterocycles. The molecule has 8 heteroatoms. The van der Waals surface area contributed by atoms with Gasteiger partial charge in [0, 0.05) is 12.4 Å². The summed E-state index contributed by atoms with van der Waals surface area (Å²) in [6, 6.07) is 3.29. The van der Waals surface area contributed by atoms with E-state index in [1.807, 2.05) is 0 Å². The molecule has 2 rings (SSSR count). The molecule has 0 aromatic carbocycles. The second-order valence-corrected chi connectivity index (χ2v) is 3.72. The molecule has 0 saturated carbocycles. The third kappa shape index (κ3) is 6.39. The Morgan fingerprint density at radius 1 is 1.58 bits per heavy atom. The monoisotopic (exact) mass is 296 g/mol. The predicted molar refractivity (Wildman–Crippen MR) is 62.7 cm³/mol. The number of carbonyl (C=O) groups excluding carboxylic acids is 1. The second-order valence-electron chi connectivity index (χ2n) is 3.72. The van der Waals surface area contributed by atoms with E-state index in [4.69, 9.17) is 25.8 Å². The Morgan fingerprint density at radius 3 is 2.53 bits per heavy atom. The Hall–Kier alpha value is 0.0964. The molecule has 0 radical (unpaired) electrons. The SMILES string of the molecule is NC(=O)c1cccnc1.OC[C@H]1OC[C@H](O)[C@@H]1O.[H-].[K+]. The number of amides is 1. The van der Waals surface area contributed by atoms with Crippen molar-refractivity contribution in [3.63, 3.8) is 0 Å². The first kappa shape index (κ1) is 19.1. The molecule has 3 atom stereocenters. The number of nitrogens with zero attached hydrogens (tertiary/aromatic N) is 1. The zero-order valence-corrected chi connectivity index (χ0v) is 13.8. The third-order valence-corrected chi connectivity index (χ3v) is 2.38. The molecule has 1 aliphatic rings. The summed E-state index contributed by atoms with van der Waals surface area (Å²) in [5.74, 6) is -0.442. The van der Waals surface area contributed by atoms with Crippen LogP contribution in [0.2, 0.25) is 0 Å². The van der Waals surface area contributed by atoms with Crippen LogP contribution in [0.4, 0.5) is 0 Å². The zero-order chi connectivity index (χ0) is 13.5. The first-order valence-electron chi connectivity index (χ1n) is 5.34. The largest absolute Gasteiger partial charge is 1.00 e. The minimum absolute atomic E-state index is 0. The van der Waals surface area contributed by atoms with Crippen molar-refractivity contribution in [2.75, 3.05) is 13.2 Å². The first-order valence-corrected chi connectivity index (χ1v) is 5.34. The van der Waals surface area contributed by atoms with Crippen molar-refractivity contribution in [2.45, 2.75) is 18.3 Å². The molecule has 1 amide bonds. The van der Waals surface area contributed by atoms with Crippen molar-refractivity contribution >= 4 is 5.91 Å². The number of pyridine rings is 1. The number of aliphatic hydroxyl groups is 3. The van der Waals surface area contributed by atoms with E-state index in [1.54, 1.807) is 18.3 Å². The van der Waals surface area contributed by atoms with E-state index in [0.717, 1.165) is 0 Å². The number of carbonyl (C=O) groups is 1. The maximum absolute atomic E-state index is 10.4. The summed E-state index contributed by atoms with van der Waals surface area (Å²) in [7, 11) is 0. The van der Waals surface area contributed by atoms with Gasteiger partial charge in [-0.15, -0.1) is 0 Å². The van der Waals surface area contributed by atoms with Gasteiger partial charge in [-0.2, -0.15) is 0 Å². The summed E-state index contributed by atoms with van der Waals surface area (Å²) in [5, 5.41) is 26.2. The van der Waals surface area contributed by atoms with Crippen molar-refractivity contribution < 1.29 is 77.7 Å². The van der Waals surface area contributed by atoms with Crippen LogP contribution < -0.4 is 57.1 Å². The van der Waals surface area contributed by atoms with Crippen LogP contribution in [-0.2, 0) is 4.74 Å². The molecule has 0 unspecified atom stereocenters. The number of rotatable bonds is 2. The van der Waals surface area contributed by atoms with E-state index in [2.05, 4.69) is 4.98 Å². The molecule has 102 valence electrons. The van der Waals surface area contributed by atoms with Crippen LogP contribution in [0.3, 0.4) is 0 Å². The van der Waals surface area contributed by atoms with Gasteiger partial charge in [0.2, 0.25) is 5.91 Å². The molecule has 2 heterocycles. The maximum Gasteiger partial charge on any atom is 1.00 e. The Morgan fingerprint density at radius 2 is 2.26 bits per heavy atom. The molecule has 0 spiro atoms. The average molecular weight is 296 g/mol. The van der Waals surface area contributed by atoms with E-state index in [9.17, 15) is 4.79 Å². The van der Waals surface area contributed by atoms with Crippen LogP contribution >= 0.6 is 0 Å². The Kier molecular flexibility index (Phi) is 9.97. The van der Waals surface area contributed by atoms with E-state index >= 15 is 0 Å². The quantitative estimate of drug-likeness (QED) is 0.407. The zero-order valence-electron chi connectivity index (χ0n) is 11.6. The van der Waals surface area contributed by atoms with Gasteiger partial charge in [-0.3, -0.25) is 9.78 Å². The minimum atomic E-state index is -0.921. The van der Waals surface area contributed by atoms with Crippen LogP contribution in [-0.4, -0.2) is 57.7 Å². The van der Waals surface area contributed by atoms with Crippen molar-refractivity contribution in [1.82, 2.24) is 4.98 Å². The van der Waals surface area contributed by atoms with E-state index < -0.39 is 24.2 Å². The van der Waals surface area contributed by atoms with Gasteiger partial charge >= 0.3 is 51.4 Å².